The maximum atomic E-state index is 5.27. The van der Waals surface area contributed by atoms with Crippen LogP contribution < -0.4 is 9.64 Å². The van der Waals surface area contributed by atoms with Crippen molar-refractivity contribution in [3.63, 3.8) is 0 Å². The number of hydrogen-bond acceptors (Lipinski definition) is 2. The minimum Gasteiger partial charge on any atom is -0.497 e. The fraction of sp³-hybridized carbons (Fsp3) is 0.455. The lowest BCUT2D eigenvalue weighted by Gasteiger charge is -2.25. The van der Waals surface area contributed by atoms with Crippen LogP contribution in [0.25, 0.3) is 0 Å². The van der Waals surface area contributed by atoms with Crippen LogP contribution in [-0.2, 0) is 6.54 Å². The molecule has 0 heterocycles. The molecule has 136 valence electrons. The molecule has 0 aromatic heterocycles. The van der Waals surface area contributed by atoms with E-state index in [1.807, 2.05) is 12.1 Å². The number of unbranched alkanes of at least 4 members (excludes halogenated alkanes) is 5. The molecule has 0 aliphatic carbocycles. The Hall–Kier alpha value is -1.23. The second kappa shape index (κ2) is 11.4. The lowest BCUT2D eigenvalue weighted by molar-refractivity contribution is 0.414. The number of nitrogens with zero attached hydrogens (tertiary/aromatic N) is 1. The lowest BCUT2D eigenvalue weighted by Crippen LogP contribution is -2.23. The summed E-state index contributed by atoms with van der Waals surface area (Å²) in [5, 5.41) is 0. The van der Waals surface area contributed by atoms with Crippen molar-refractivity contribution in [2.75, 3.05) is 18.6 Å². The number of benzene rings is 2. The molecule has 0 fully saturated rings. The van der Waals surface area contributed by atoms with Crippen molar-refractivity contribution >= 4 is 28.3 Å². The summed E-state index contributed by atoms with van der Waals surface area (Å²) in [6.45, 7) is 4.33. The van der Waals surface area contributed by atoms with Gasteiger partial charge in [0.05, 0.1) is 7.11 Å². The molecule has 25 heavy (non-hydrogen) atoms. The molecule has 0 atom stereocenters. The Morgan fingerprint density at radius 2 is 1.48 bits per heavy atom. The van der Waals surface area contributed by atoms with Crippen molar-refractivity contribution in [1.82, 2.24) is 0 Å². The van der Waals surface area contributed by atoms with E-state index in [1.54, 1.807) is 7.11 Å². The van der Waals surface area contributed by atoms with Crippen LogP contribution in [-0.4, -0.2) is 13.7 Å². The van der Waals surface area contributed by atoms with Gasteiger partial charge in [0.2, 0.25) is 0 Å². The van der Waals surface area contributed by atoms with Crippen molar-refractivity contribution in [3.05, 3.63) is 57.7 Å². The first-order valence-electron chi connectivity index (χ1n) is 9.36. The predicted molar refractivity (Wildman–Crippen MR) is 117 cm³/mol. The quantitative estimate of drug-likeness (QED) is 0.280. The van der Waals surface area contributed by atoms with Crippen LogP contribution in [0.5, 0.6) is 5.75 Å². The van der Waals surface area contributed by atoms with Crippen LogP contribution in [0.15, 0.2) is 48.5 Å². The molecule has 0 unspecified atom stereocenters. The highest BCUT2D eigenvalue weighted by atomic mass is 127. The monoisotopic (exact) mass is 451 g/mol. The second-order valence-corrected chi connectivity index (χ2v) is 7.76. The van der Waals surface area contributed by atoms with E-state index in [1.165, 1.54) is 53.3 Å². The van der Waals surface area contributed by atoms with Gasteiger partial charge in [-0.05, 0) is 71.0 Å². The first-order chi connectivity index (χ1) is 12.2. The first kappa shape index (κ1) is 20.1. The van der Waals surface area contributed by atoms with E-state index in [-0.39, 0.29) is 0 Å². The van der Waals surface area contributed by atoms with E-state index in [0.717, 1.165) is 18.8 Å². The van der Waals surface area contributed by atoms with Gasteiger partial charge in [0.25, 0.3) is 0 Å². The second-order valence-electron chi connectivity index (χ2n) is 6.51. The number of anilines is 1. The molecule has 0 saturated carbocycles. The molecule has 0 N–H and O–H groups in total. The summed E-state index contributed by atoms with van der Waals surface area (Å²) in [6.07, 6.45) is 7.99. The fourth-order valence-electron chi connectivity index (χ4n) is 2.99. The van der Waals surface area contributed by atoms with Gasteiger partial charge in [-0.2, -0.15) is 0 Å². The van der Waals surface area contributed by atoms with E-state index < -0.39 is 0 Å². The van der Waals surface area contributed by atoms with Crippen LogP contribution in [0.3, 0.4) is 0 Å². The van der Waals surface area contributed by atoms with Gasteiger partial charge < -0.3 is 9.64 Å². The van der Waals surface area contributed by atoms with Crippen LogP contribution in [0.1, 0.15) is 51.0 Å². The van der Waals surface area contributed by atoms with Gasteiger partial charge in [0.1, 0.15) is 5.75 Å². The van der Waals surface area contributed by atoms with E-state index in [4.69, 9.17) is 4.74 Å². The average molecular weight is 451 g/mol. The van der Waals surface area contributed by atoms with Gasteiger partial charge in [0.15, 0.2) is 0 Å². The van der Waals surface area contributed by atoms with Gasteiger partial charge in [-0.15, -0.1) is 0 Å². The maximum Gasteiger partial charge on any atom is 0.118 e. The standard InChI is InChI=1S/C22H30INO/c1-3-4-5-6-7-8-17-24(21-13-11-20(23)12-14-21)18-19-9-15-22(25-2)16-10-19/h9-16H,3-8,17-18H2,1-2H3. The Morgan fingerprint density at radius 1 is 0.840 bits per heavy atom. The summed E-state index contributed by atoms with van der Waals surface area (Å²) in [5.41, 5.74) is 2.63. The minimum absolute atomic E-state index is 0.917. The fourth-order valence-corrected chi connectivity index (χ4v) is 3.35. The minimum atomic E-state index is 0.917. The van der Waals surface area contributed by atoms with Crippen molar-refractivity contribution in [2.24, 2.45) is 0 Å². The molecule has 0 radical (unpaired) electrons. The average Bonchev–Trinajstić information content (AvgIpc) is 2.65. The number of hydrogen-bond donors (Lipinski definition) is 0. The largest absolute Gasteiger partial charge is 0.497 e. The first-order valence-corrected chi connectivity index (χ1v) is 10.4. The lowest BCUT2D eigenvalue weighted by atomic mass is 10.1. The smallest absolute Gasteiger partial charge is 0.118 e. The third kappa shape index (κ3) is 7.27. The van der Waals surface area contributed by atoms with Crippen molar-refractivity contribution in [2.45, 2.75) is 52.0 Å². The van der Waals surface area contributed by atoms with E-state index in [9.17, 15) is 0 Å². The summed E-state index contributed by atoms with van der Waals surface area (Å²) in [6, 6.07) is 17.3. The van der Waals surface area contributed by atoms with Crippen molar-refractivity contribution in [1.29, 1.82) is 0 Å². The Labute approximate surface area is 166 Å². The molecule has 0 amide bonds. The van der Waals surface area contributed by atoms with E-state index >= 15 is 0 Å². The van der Waals surface area contributed by atoms with Crippen LogP contribution in [0, 0.1) is 3.57 Å². The van der Waals surface area contributed by atoms with Crippen LogP contribution in [0.2, 0.25) is 0 Å². The molecular weight excluding hydrogens is 421 g/mol. The molecule has 0 aliphatic heterocycles. The molecule has 0 aliphatic rings. The van der Waals surface area contributed by atoms with E-state index in [2.05, 4.69) is 70.8 Å². The van der Waals surface area contributed by atoms with Gasteiger partial charge in [-0.25, -0.2) is 0 Å². The van der Waals surface area contributed by atoms with Crippen molar-refractivity contribution in [3.8, 4) is 5.75 Å². The number of ether oxygens (including phenoxy) is 1. The Morgan fingerprint density at radius 3 is 2.12 bits per heavy atom. The summed E-state index contributed by atoms with van der Waals surface area (Å²) < 4.78 is 6.55. The normalized spacial score (nSPS) is 10.7. The van der Waals surface area contributed by atoms with Gasteiger partial charge in [-0.3, -0.25) is 0 Å². The maximum absolute atomic E-state index is 5.27. The van der Waals surface area contributed by atoms with Gasteiger partial charge >= 0.3 is 0 Å². The Balaban J connectivity index is 1.97. The third-order valence-corrected chi connectivity index (χ3v) is 5.23. The molecule has 2 nitrogen and oxygen atoms in total. The predicted octanol–water partition coefficient (Wildman–Crippen LogP) is 6.67. The number of rotatable bonds is 11. The molecule has 3 heteroatoms. The molecule has 2 aromatic carbocycles. The highest BCUT2D eigenvalue weighted by Crippen LogP contribution is 2.21. The highest BCUT2D eigenvalue weighted by Gasteiger charge is 2.08. The highest BCUT2D eigenvalue weighted by molar-refractivity contribution is 14.1. The zero-order chi connectivity index (χ0) is 17.9. The Bertz CT molecular complexity index is 594. The Kier molecular flexibility index (Phi) is 9.16. The number of halogens is 1. The summed E-state index contributed by atoms with van der Waals surface area (Å²) in [4.78, 5) is 2.50. The molecule has 0 bridgehead atoms. The van der Waals surface area contributed by atoms with Crippen LogP contribution >= 0.6 is 22.6 Å². The van der Waals surface area contributed by atoms with Crippen molar-refractivity contribution < 1.29 is 4.74 Å². The SMILES string of the molecule is CCCCCCCCN(Cc1ccc(OC)cc1)c1ccc(I)cc1. The molecule has 0 spiro atoms. The summed E-state index contributed by atoms with van der Waals surface area (Å²) >= 11 is 2.37. The van der Waals surface area contributed by atoms with Crippen LogP contribution in [0.4, 0.5) is 5.69 Å². The number of methoxy groups -OCH3 is 1. The molecule has 0 saturated heterocycles. The topological polar surface area (TPSA) is 12.5 Å². The zero-order valence-corrected chi connectivity index (χ0v) is 17.7. The molecular formula is C22H30INO. The zero-order valence-electron chi connectivity index (χ0n) is 15.5. The summed E-state index contributed by atoms with van der Waals surface area (Å²) in [5.74, 6) is 0.917. The van der Waals surface area contributed by atoms with Gasteiger partial charge in [-0.1, -0.05) is 51.2 Å². The van der Waals surface area contributed by atoms with Gasteiger partial charge in [0, 0.05) is 22.3 Å². The summed E-state index contributed by atoms with van der Waals surface area (Å²) in [7, 11) is 1.71. The molecule has 2 aromatic rings. The third-order valence-electron chi connectivity index (χ3n) is 4.51. The van der Waals surface area contributed by atoms with E-state index in [0.29, 0.717) is 0 Å². The molecule has 2 rings (SSSR count).